The zero-order chi connectivity index (χ0) is 13.9. The van der Waals surface area contributed by atoms with Crippen LogP contribution < -0.4 is 4.74 Å². The van der Waals surface area contributed by atoms with Crippen LogP contribution in [0, 0.1) is 10.1 Å². The Morgan fingerprint density at radius 3 is 2.67 bits per heavy atom. The van der Waals surface area contributed by atoms with Crippen molar-refractivity contribution in [2.75, 3.05) is 7.11 Å². The SMILES string of the molecule is COc1nc(C(F)F)cc(CC(=O)O)c1[N+](=O)[O-]. The average Bonchev–Trinajstić information content (AvgIpc) is 2.26. The number of pyridine rings is 1. The number of alkyl halides is 2. The highest BCUT2D eigenvalue weighted by Crippen LogP contribution is 2.32. The molecule has 1 N–H and O–H groups in total. The first-order valence-corrected chi connectivity index (χ1v) is 4.59. The minimum Gasteiger partial charge on any atom is -0.481 e. The number of aromatic nitrogens is 1. The van der Waals surface area contributed by atoms with Crippen LogP contribution in [-0.4, -0.2) is 28.1 Å². The number of hydrogen-bond acceptors (Lipinski definition) is 5. The Bertz CT molecular complexity index is 492. The molecule has 0 aromatic carbocycles. The molecule has 0 saturated carbocycles. The first-order chi connectivity index (χ1) is 8.36. The topological polar surface area (TPSA) is 103 Å². The van der Waals surface area contributed by atoms with E-state index in [2.05, 4.69) is 9.72 Å². The molecule has 18 heavy (non-hydrogen) atoms. The average molecular weight is 262 g/mol. The largest absolute Gasteiger partial charge is 0.481 e. The zero-order valence-corrected chi connectivity index (χ0v) is 9.09. The number of ether oxygens (including phenoxy) is 1. The minimum atomic E-state index is -2.98. The van der Waals surface area contributed by atoms with Gasteiger partial charge in [0.1, 0.15) is 5.69 Å². The number of carboxylic acid groups (broad SMARTS) is 1. The summed E-state index contributed by atoms with van der Waals surface area (Å²) in [6.45, 7) is 0. The summed E-state index contributed by atoms with van der Waals surface area (Å²) in [6, 6.07) is 0.694. The highest BCUT2D eigenvalue weighted by molar-refractivity contribution is 5.73. The Labute approximate surface area is 99.2 Å². The van der Waals surface area contributed by atoms with Gasteiger partial charge in [-0.15, -0.1) is 0 Å². The smallest absolute Gasteiger partial charge is 0.334 e. The molecule has 0 fully saturated rings. The molecule has 0 unspecified atom stereocenters. The van der Waals surface area contributed by atoms with E-state index < -0.39 is 41.0 Å². The number of rotatable bonds is 5. The Kier molecular flexibility index (Phi) is 4.08. The molecular weight excluding hydrogens is 254 g/mol. The first kappa shape index (κ1) is 13.7. The van der Waals surface area contributed by atoms with E-state index in [1.807, 2.05) is 0 Å². The standard InChI is InChI=1S/C9H8F2N2O5/c1-18-9-7(13(16)17)4(3-6(14)15)2-5(12-9)8(10)11/h2,8H,3H2,1H3,(H,14,15). The van der Waals surface area contributed by atoms with E-state index in [-0.39, 0.29) is 5.56 Å². The Balaban J connectivity index is 3.45. The van der Waals surface area contributed by atoms with Gasteiger partial charge in [-0.2, -0.15) is 0 Å². The molecule has 0 radical (unpaired) electrons. The second-order valence-corrected chi connectivity index (χ2v) is 3.19. The van der Waals surface area contributed by atoms with Crippen molar-refractivity contribution in [3.05, 3.63) is 27.4 Å². The number of aliphatic carboxylic acids is 1. The Hall–Kier alpha value is -2.32. The summed E-state index contributed by atoms with van der Waals surface area (Å²) < 4.78 is 29.5. The summed E-state index contributed by atoms with van der Waals surface area (Å²) in [5.41, 5.74) is -1.87. The van der Waals surface area contributed by atoms with Crippen molar-refractivity contribution >= 4 is 11.7 Å². The van der Waals surface area contributed by atoms with E-state index in [4.69, 9.17) is 5.11 Å². The third kappa shape index (κ3) is 2.87. The summed E-state index contributed by atoms with van der Waals surface area (Å²) >= 11 is 0. The van der Waals surface area contributed by atoms with Crippen LogP contribution in [-0.2, 0) is 11.2 Å². The van der Waals surface area contributed by atoms with Crippen molar-refractivity contribution in [3.8, 4) is 5.88 Å². The van der Waals surface area contributed by atoms with Gasteiger partial charge in [0.05, 0.1) is 18.5 Å². The lowest BCUT2D eigenvalue weighted by atomic mass is 10.1. The van der Waals surface area contributed by atoms with Gasteiger partial charge >= 0.3 is 11.7 Å². The van der Waals surface area contributed by atoms with Gasteiger partial charge in [-0.25, -0.2) is 13.8 Å². The maximum Gasteiger partial charge on any atom is 0.334 e. The fourth-order valence-electron chi connectivity index (χ4n) is 1.33. The second-order valence-electron chi connectivity index (χ2n) is 3.19. The van der Waals surface area contributed by atoms with E-state index >= 15 is 0 Å². The summed E-state index contributed by atoms with van der Waals surface area (Å²) in [5.74, 6) is -2.01. The van der Waals surface area contributed by atoms with Gasteiger partial charge in [-0.1, -0.05) is 0 Å². The van der Waals surface area contributed by atoms with Gasteiger partial charge < -0.3 is 9.84 Å². The molecule has 0 amide bonds. The zero-order valence-electron chi connectivity index (χ0n) is 9.09. The van der Waals surface area contributed by atoms with Gasteiger partial charge in [-0.3, -0.25) is 14.9 Å². The van der Waals surface area contributed by atoms with Crippen LogP contribution in [0.2, 0.25) is 0 Å². The molecule has 0 saturated heterocycles. The molecule has 98 valence electrons. The normalized spacial score (nSPS) is 10.4. The van der Waals surface area contributed by atoms with Crippen molar-refractivity contribution in [1.29, 1.82) is 0 Å². The fourth-order valence-corrected chi connectivity index (χ4v) is 1.33. The maximum absolute atomic E-state index is 12.5. The molecule has 0 spiro atoms. The highest BCUT2D eigenvalue weighted by atomic mass is 19.3. The van der Waals surface area contributed by atoms with Crippen LogP contribution in [0.1, 0.15) is 17.7 Å². The van der Waals surface area contributed by atoms with Gasteiger partial charge in [0, 0.05) is 5.56 Å². The van der Waals surface area contributed by atoms with Gasteiger partial charge in [-0.05, 0) is 6.07 Å². The van der Waals surface area contributed by atoms with Crippen molar-refractivity contribution < 1.29 is 28.3 Å². The molecule has 7 nitrogen and oxygen atoms in total. The molecule has 0 aliphatic heterocycles. The second kappa shape index (κ2) is 5.34. The number of carbonyl (C=O) groups is 1. The Morgan fingerprint density at radius 2 is 2.28 bits per heavy atom. The molecule has 1 heterocycles. The molecular formula is C9H8F2N2O5. The maximum atomic E-state index is 12.5. The van der Waals surface area contributed by atoms with Crippen LogP contribution in [0.4, 0.5) is 14.5 Å². The number of halogens is 2. The van der Waals surface area contributed by atoms with Gasteiger partial charge in [0.15, 0.2) is 0 Å². The lowest BCUT2D eigenvalue weighted by molar-refractivity contribution is -0.386. The third-order valence-corrected chi connectivity index (χ3v) is 2.00. The highest BCUT2D eigenvalue weighted by Gasteiger charge is 2.27. The van der Waals surface area contributed by atoms with E-state index in [1.165, 1.54) is 0 Å². The molecule has 1 rings (SSSR count). The number of methoxy groups -OCH3 is 1. The van der Waals surface area contributed by atoms with E-state index in [0.29, 0.717) is 6.07 Å². The number of carboxylic acids is 1. The molecule has 9 heteroatoms. The van der Waals surface area contributed by atoms with E-state index in [0.717, 1.165) is 7.11 Å². The van der Waals surface area contributed by atoms with Crippen LogP contribution in [0.3, 0.4) is 0 Å². The third-order valence-electron chi connectivity index (χ3n) is 2.00. The number of hydrogen-bond donors (Lipinski definition) is 1. The van der Waals surface area contributed by atoms with Crippen LogP contribution in [0.15, 0.2) is 6.07 Å². The number of nitrogens with zero attached hydrogens (tertiary/aromatic N) is 2. The fraction of sp³-hybridized carbons (Fsp3) is 0.333. The van der Waals surface area contributed by atoms with Crippen molar-refractivity contribution in [2.45, 2.75) is 12.8 Å². The van der Waals surface area contributed by atoms with E-state index in [1.54, 1.807) is 0 Å². The monoisotopic (exact) mass is 262 g/mol. The lowest BCUT2D eigenvalue weighted by Gasteiger charge is -2.07. The minimum absolute atomic E-state index is 0.380. The predicted octanol–water partition coefficient (Wildman–Crippen LogP) is 1.56. The van der Waals surface area contributed by atoms with Crippen LogP contribution >= 0.6 is 0 Å². The molecule has 0 aliphatic carbocycles. The lowest BCUT2D eigenvalue weighted by Crippen LogP contribution is -2.08. The molecule has 0 aliphatic rings. The summed E-state index contributed by atoms with van der Waals surface area (Å²) in [7, 11) is 1.02. The van der Waals surface area contributed by atoms with Crippen molar-refractivity contribution in [3.63, 3.8) is 0 Å². The molecule has 1 aromatic rings. The molecule has 0 atom stereocenters. The Morgan fingerprint density at radius 1 is 1.67 bits per heavy atom. The number of nitro groups is 1. The van der Waals surface area contributed by atoms with Crippen molar-refractivity contribution in [1.82, 2.24) is 4.98 Å². The molecule has 1 aromatic heterocycles. The van der Waals surface area contributed by atoms with E-state index in [9.17, 15) is 23.7 Å². The first-order valence-electron chi connectivity index (χ1n) is 4.59. The quantitative estimate of drug-likeness (QED) is 0.638. The van der Waals surface area contributed by atoms with Gasteiger partial charge in [0.2, 0.25) is 0 Å². The van der Waals surface area contributed by atoms with Crippen LogP contribution in [0.25, 0.3) is 0 Å². The van der Waals surface area contributed by atoms with Crippen molar-refractivity contribution in [2.24, 2.45) is 0 Å². The summed E-state index contributed by atoms with van der Waals surface area (Å²) in [5, 5.41) is 19.4. The summed E-state index contributed by atoms with van der Waals surface area (Å²) in [4.78, 5) is 23.7. The molecule has 0 bridgehead atoms. The van der Waals surface area contributed by atoms with Crippen LogP contribution in [0.5, 0.6) is 5.88 Å². The summed E-state index contributed by atoms with van der Waals surface area (Å²) in [6.07, 6.45) is -3.75. The predicted molar refractivity (Wildman–Crippen MR) is 53.7 cm³/mol. The van der Waals surface area contributed by atoms with Gasteiger partial charge in [0.25, 0.3) is 12.3 Å².